The van der Waals surface area contributed by atoms with Crippen LogP contribution in [-0.2, 0) is 4.79 Å². The maximum atomic E-state index is 11.6. The van der Waals surface area contributed by atoms with Gasteiger partial charge in [-0.25, -0.2) is 0 Å². The van der Waals surface area contributed by atoms with E-state index in [4.69, 9.17) is 20.3 Å². The number of nitrogens with two attached hydrogens (primary N) is 1. The Balaban J connectivity index is 2.00. The van der Waals surface area contributed by atoms with E-state index in [9.17, 15) is 4.79 Å². The van der Waals surface area contributed by atoms with Gasteiger partial charge in [0.15, 0.2) is 0 Å². The molecule has 0 fully saturated rings. The SMILES string of the molecule is CCOc1cccc(Oc2ccc(NC(=O)[C@@H](N)CO)cc2)c1. The molecule has 6 heteroatoms. The number of aliphatic hydroxyl groups is 1. The summed E-state index contributed by atoms with van der Waals surface area (Å²) in [5, 5.41) is 11.4. The summed E-state index contributed by atoms with van der Waals surface area (Å²) in [5.41, 5.74) is 6.01. The maximum absolute atomic E-state index is 11.6. The molecule has 0 radical (unpaired) electrons. The summed E-state index contributed by atoms with van der Waals surface area (Å²) in [6.07, 6.45) is 0. The molecule has 0 bridgehead atoms. The molecule has 0 unspecified atom stereocenters. The number of nitrogens with one attached hydrogen (secondary N) is 1. The Morgan fingerprint density at radius 1 is 1.17 bits per heavy atom. The lowest BCUT2D eigenvalue weighted by Crippen LogP contribution is -2.38. The minimum absolute atomic E-state index is 0.400. The highest BCUT2D eigenvalue weighted by Crippen LogP contribution is 2.26. The van der Waals surface area contributed by atoms with E-state index in [1.165, 1.54) is 0 Å². The molecule has 0 aliphatic rings. The Kier molecular flexibility index (Phi) is 5.96. The van der Waals surface area contributed by atoms with E-state index in [2.05, 4.69) is 5.32 Å². The molecule has 4 N–H and O–H groups in total. The van der Waals surface area contributed by atoms with Crippen molar-refractivity contribution in [3.8, 4) is 17.2 Å². The maximum Gasteiger partial charge on any atom is 0.243 e. The summed E-state index contributed by atoms with van der Waals surface area (Å²) < 4.78 is 11.2. The molecular formula is C17H20N2O4. The van der Waals surface area contributed by atoms with Gasteiger partial charge in [-0.3, -0.25) is 4.79 Å². The molecule has 0 saturated carbocycles. The van der Waals surface area contributed by atoms with Crippen LogP contribution in [0.1, 0.15) is 6.92 Å². The standard InChI is InChI=1S/C17H20N2O4/c1-2-22-14-4-3-5-15(10-14)23-13-8-6-12(7-9-13)19-17(21)16(18)11-20/h3-10,16,20H,2,11,18H2,1H3,(H,19,21)/t16-/m0/s1. The van der Waals surface area contributed by atoms with Crippen LogP contribution < -0.4 is 20.5 Å². The normalized spacial score (nSPS) is 11.6. The fourth-order valence-corrected chi connectivity index (χ4v) is 1.85. The average molecular weight is 316 g/mol. The lowest BCUT2D eigenvalue weighted by Gasteiger charge is -2.11. The number of carbonyl (C=O) groups excluding carboxylic acids is 1. The predicted molar refractivity (Wildman–Crippen MR) is 87.8 cm³/mol. The minimum atomic E-state index is -0.938. The van der Waals surface area contributed by atoms with Gasteiger partial charge in [0, 0.05) is 11.8 Å². The molecule has 0 spiro atoms. The van der Waals surface area contributed by atoms with E-state index in [1.807, 2.05) is 25.1 Å². The molecule has 0 aromatic heterocycles. The van der Waals surface area contributed by atoms with Gasteiger partial charge in [0.2, 0.25) is 5.91 Å². The molecule has 2 rings (SSSR count). The van der Waals surface area contributed by atoms with Crippen molar-refractivity contribution in [3.05, 3.63) is 48.5 Å². The van der Waals surface area contributed by atoms with Crippen molar-refractivity contribution in [1.29, 1.82) is 0 Å². The minimum Gasteiger partial charge on any atom is -0.494 e. The Hall–Kier alpha value is -2.57. The van der Waals surface area contributed by atoms with E-state index in [0.717, 1.165) is 5.75 Å². The molecule has 0 heterocycles. The summed E-state index contributed by atoms with van der Waals surface area (Å²) in [6, 6.07) is 13.3. The molecule has 6 nitrogen and oxygen atoms in total. The highest BCUT2D eigenvalue weighted by atomic mass is 16.5. The third-order valence-corrected chi connectivity index (χ3v) is 3.01. The molecule has 122 valence electrons. The number of benzene rings is 2. The number of aliphatic hydroxyl groups excluding tert-OH is 1. The zero-order chi connectivity index (χ0) is 16.7. The Labute approximate surface area is 134 Å². The predicted octanol–water partition coefficient (Wildman–Crippen LogP) is 2.14. The van der Waals surface area contributed by atoms with Crippen molar-refractivity contribution in [2.75, 3.05) is 18.5 Å². The van der Waals surface area contributed by atoms with Crippen molar-refractivity contribution in [2.24, 2.45) is 5.73 Å². The second-order valence-electron chi connectivity index (χ2n) is 4.81. The van der Waals surface area contributed by atoms with Crippen LogP contribution >= 0.6 is 0 Å². The van der Waals surface area contributed by atoms with Crippen LogP contribution in [-0.4, -0.2) is 30.3 Å². The van der Waals surface area contributed by atoms with Crippen LogP contribution in [0.5, 0.6) is 17.2 Å². The van der Waals surface area contributed by atoms with Gasteiger partial charge >= 0.3 is 0 Å². The second-order valence-corrected chi connectivity index (χ2v) is 4.81. The molecule has 2 aromatic rings. The van der Waals surface area contributed by atoms with E-state index in [0.29, 0.717) is 23.8 Å². The Morgan fingerprint density at radius 2 is 1.87 bits per heavy atom. The summed E-state index contributed by atoms with van der Waals surface area (Å²) in [7, 11) is 0. The van der Waals surface area contributed by atoms with E-state index >= 15 is 0 Å². The fourth-order valence-electron chi connectivity index (χ4n) is 1.85. The van der Waals surface area contributed by atoms with Gasteiger partial charge in [0.05, 0.1) is 13.2 Å². The molecule has 0 aliphatic carbocycles. The number of carbonyl (C=O) groups is 1. The monoisotopic (exact) mass is 316 g/mol. The third kappa shape index (κ3) is 4.98. The first-order valence-corrected chi connectivity index (χ1v) is 7.30. The molecule has 0 aliphatic heterocycles. The summed E-state index contributed by atoms with van der Waals surface area (Å²) in [5.74, 6) is 1.59. The zero-order valence-electron chi connectivity index (χ0n) is 12.9. The van der Waals surface area contributed by atoms with Crippen molar-refractivity contribution in [2.45, 2.75) is 13.0 Å². The smallest absolute Gasteiger partial charge is 0.243 e. The first-order valence-electron chi connectivity index (χ1n) is 7.30. The van der Waals surface area contributed by atoms with Gasteiger partial charge in [0.25, 0.3) is 0 Å². The van der Waals surface area contributed by atoms with Crippen LogP contribution in [0.4, 0.5) is 5.69 Å². The average Bonchev–Trinajstić information content (AvgIpc) is 2.56. The molecule has 0 saturated heterocycles. The van der Waals surface area contributed by atoms with E-state index in [1.54, 1.807) is 30.3 Å². The van der Waals surface area contributed by atoms with Gasteiger partial charge in [-0.2, -0.15) is 0 Å². The number of anilines is 1. The van der Waals surface area contributed by atoms with Crippen LogP contribution in [0.15, 0.2) is 48.5 Å². The number of rotatable bonds is 7. The Morgan fingerprint density at radius 3 is 2.52 bits per heavy atom. The second kappa shape index (κ2) is 8.17. The molecular weight excluding hydrogens is 296 g/mol. The van der Waals surface area contributed by atoms with Crippen molar-refractivity contribution in [3.63, 3.8) is 0 Å². The first-order chi connectivity index (χ1) is 11.1. The highest BCUT2D eigenvalue weighted by Gasteiger charge is 2.11. The number of hydrogen-bond acceptors (Lipinski definition) is 5. The van der Waals surface area contributed by atoms with Gasteiger partial charge in [-0.1, -0.05) is 6.07 Å². The first kappa shape index (κ1) is 16.8. The lowest BCUT2D eigenvalue weighted by molar-refractivity contribution is -0.118. The molecule has 1 atom stereocenters. The van der Waals surface area contributed by atoms with E-state index < -0.39 is 18.6 Å². The summed E-state index contributed by atoms with van der Waals surface area (Å²) >= 11 is 0. The third-order valence-electron chi connectivity index (χ3n) is 3.01. The van der Waals surface area contributed by atoms with Crippen molar-refractivity contribution >= 4 is 11.6 Å². The van der Waals surface area contributed by atoms with Gasteiger partial charge in [-0.15, -0.1) is 0 Å². The van der Waals surface area contributed by atoms with Crippen LogP contribution in [0.3, 0.4) is 0 Å². The topological polar surface area (TPSA) is 93.8 Å². The van der Waals surface area contributed by atoms with Crippen molar-refractivity contribution in [1.82, 2.24) is 0 Å². The molecule has 1 amide bonds. The number of ether oxygens (including phenoxy) is 2. The van der Waals surface area contributed by atoms with Crippen LogP contribution in [0, 0.1) is 0 Å². The van der Waals surface area contributed by atoms with Crippen molar-refractivity contribution < 1.29 is 19.4 Å². The number of hydrogen-bond donors (Lipinski definition) is 3. The quantitative estimate of drug-likeness (QED) is 0.727. The Bertz CT molecular complexity index is 643. The van der Waals surface area contributed by atoms with Gasteiger partial charge < -0.3 is 25.6 Å². The lowest BCUT2D eigenvalue weighted by atomic mass is 10.2. The fraction of sp³-hybridized carbons (Fsp3) is 0.235. The van der Waals surface area contributed by atoms with E-state index in [-0.39, 0.29) is 0 Å². The number of amides is 1. The zero-order valence-corrected chi connectivity index (χ0v) is 12.9. The van der Waals surface area contributed by atoms with Crippen LogP contribution in [0.25, 0.3) is 0 Å². The summed E-state index contributed by atoms with van der Waals surface area (Å²) in [6.45, 7) is 2.11. The van der Waals surface area contributed by atoms with Gasteiger partial charge in [0.1, 0.15) is 23.3 Å². The van der Waals surface area contributed by atoms with Gasteiger partial charge in [-0.05, 0) is 43.3 Å². The summed E-state index contributed by atoms with van der Waals surface area (Å²) in [4.78, 5) is 11.6. The molecule has 2 aromatic carbocycles. The largest absolute Gasteiger partial charge is 0.494 e. The molecule has 23 heavy (non-hydrogen) atoms. The highest BCUT2D eigenvalue weighted by molar-refractivity contribution is 5.94. The van der Waals surface area contributed by atoms with Crippen LogP contribution in [0.2, 0.25) is 0 Å².